The number of aliphatic carboxylic acids is 1. The number of hydrogen-bond acceptors (Lipinski definition) is 3. The van der Waals surface area contributed by atoms with Gasteiger partial charge in [-0.1, -0.05) is 25.2 Å². The SMILES string of the molecule is C=C1C[C@]23CC[C@H]4C(C)(C(=O)O)[C@H](OC(=O)C(C)=CC)CC[C@]4(C)[C@H]2CC[C@@H]1C3. The minimum Gasteiger partial charge on any atom is -0.481 e. The maximum atomic E-state index is 12.7. The first-order chi connectivity index (χ1) is 13.6. The van der Waals surface area contributed by atoms with Crippen molar-refractivity contribution in [3.63, 3.8) is 0 Å². The van der Waals surface area contributed by atoms with Gasteiger partial charge in [0.15, 0.2) is 0 Å². The first-order valence-corrected chi connectivity index (χ1v) is 11.3. The van der Waals surface area contributed by atoms with E-state index in [4.69, 9.17) is 4.74 Å². The molecule has 4 aliphatic carbocycles. The topological polar surface area (TPSA) is 63.6 Å². The highest BCUT2D eigenvalue weighted by molar-refractivity contribution is 5.88. The molecule has 1 spiro atoms. The van der Waals surface area contributed by atoms with Gasteiger partial charge >= 0.3 is 11.9 Å². The number of carbonyl (C=O) groups is 2. The lowest BCUT2D eigenvalue weighted by Gasteiger charge is -2.64. The molecule has 4 nitrogen and oxygen atoms in total. The van der Waals surface area contributed by atoms with Gasteiger partial charge in [-0.2, -0.15) is 0 Å². The average molecular weight is 401 g/mol. The van der Waals surface area contributed by atoms with Gasteiger partial charge in [-0.3, -0.25) is 4.79 Å². The minimum atomic E-state index is -1.04. The fraction of sp³-hybridized carbons (Fsp3) is 0.760. The van der Waals surface area contributed by atoms with Crippen LogP contribution in [0.15, 0.2) is 23.8 Å². The summed E-state index contributed by atoms with van der Waals surface area (Å²) >= 11 is 0. The molecule has 29 heavy (non-hydrogen) atoms. The monoisotopic (exact) mass is 400 g/mol. The number of hydrogen-bond donors (Lipinski definition) is 1. The number of carboxylic acids is 1. The summed E-state index contributed by atoms with van der Waals surface area (Å²) in [6.07, 6.45) is 9.51. The van der Waals surface area contributed by atoms with Crippen LogP contribution in [0.1, 0.15) is 79.1 Å². The molecule has 4 aliphatic rings. The van der Waals surface area contributed by atoms with Crippen molar-refractivity contribution in [3.8, 4) is 0 Å². The van der Waals surface area contributed by atoms with Gasteiger partial charge in [0.05, 0.1) is 0 Å². The highest BCUT2D eigenvalue weighted by atomic mass is 16.5. The molecule has 7 atom stereocenters. The Balaban J connectivity index is 1.68. The third kappa shape index (κ3) is 2.77. The maximum Gasteiger partial charge on any atom is 0.333 e. The molecular formula is C25H36O4. The maximum absolute atomic E-state index is 12.7. The summed E-state index contributed by atoms with van der Waals surface area (Å²) in [4.78, 5) is 25.1. The van der Waals surface area contributed by atoms with Gasteiger partial charge in [-0.25, -0.2) is 4.79 Å². The van der Waals surface area contributed by atoms with Gasteiger partial charge in [0.2, 0.25) is 0 Å². The van der Waals surface area contributed by atoms with Crippen molar-refractivity contribution in [2.75, 3.05) is 0 Å². The normalized spacial score (nSPS) is 46.6. The largest absolute Gasteiger partial charge is 0.481 e. The number of fused-ring (bicyclic) bond motifs is 3. The second-order valence-corrected chi connectivity index (χ2v) is 10.8. The zero-order valence-corrected chi connectivity index (χ0v) is 18.4. The average Bonchev–Trinajstić information content (AvgIpc) is 2.91. The second kappa shape index (κ2) is 6.72. The van der Waals surface area contributed by atoms with E-state index >= 15 is 0 Å². The molecule has 1 N–H and O–H groups in total. The summed E-state index contributed by atoms with van der Waals surface area (Å²) in [6.45, 7) is 12.1. The Morgan fingerprint density at radius 3 is 2.52 bits per heavy atom. The second-order valence-electron chi connectivity index (χ2n) is 10.8. The molecular weight excluding hydrogens is 364 g/mol. The summed E-state index contributed by atoms with van der Waals surface area (Å²) in [7, 11) is 0. The number of carboxylic acid groups (broad SMARTS) is 1. The molecule has 4 heteroatoms. The van der Waals surface area contributed by atoms with E-state index in [0.717, 1.165) is 25.7 Å². The van der Waals surface area contributed by atoms with Crippen LogP contribution in [0.25, 0.3) is 0 Å². The first kappa shape index (κ1) is 20.7. The molecule has 0 saturated heterocycles. The van der Waals surface area contributed by atoms with Gasteiger partial charge in [0.1, 0.15) is 11.5 Å². The summed E-state index contributed by atoms with van der Waals surface area (Å²) in [6, 6.07) is 0. The van der Waals surface area contributed by atoms with E-state index in [-0.39, 0.29) is 17.3 Å². The van der Waals surface area contributed by atoms with Crippen LogP contribution in [0.3, 0.4) is 0 Å². The zero-order valence-electron chi connectivity index (χ0n) is 18.4. The van der Waals surface area contributed by atoms with E-state index < -0.39 is 17.5 Å². The lowest BCUT2D eigenvalue weighted by Crippen LogP contribution is -2.63. The zero-order chi connectivity index (χ0) is 21.2. The van der Waals surface area contributed by atoms with Crippen LogP contribution in [-0.2, 0) is 14.3 Å². The van der Waals surface area contributed by atoms with Gasteiger partial charge < -0.3 is 9.84 Å². The van der Waals surface area contributed by atoms with E-state index in [1.54, 1.807) is 19.9 Å². The van der Waals surface area contributed by atoms with Gasteiger partial charge in [0.25, 0.3) is 0 Å². The predicted octanol–water partition coefficient (Wildman–Crippen LogP) is 5.53. The fourth-order valence-electron chi connectivity index (χ4n) is 8.06. The molecule has 0 aromatic carbocycles. The Bertz CT molecular complexity index is 782. The first-order valence-electron chi connectivity index (χ1n) is 11.3. The third-order valence-corrected chi connectivity index (χ3v) is 9.68. The van der Waals surface area contributed by atoms with Crippen molar-refractivity contribution in [2.45, 2.75) is 85.2 Å². The van der Waals surface area contributed by atoms with E-state index in [2.05, 4.69) is 13.5 Å². The van der Waals surface area contributed by atoms with Crippen molar-refractivity contribution >= 4 is 11.9 Å². The Labute approximate surface area is 174 Å². The van der Waals surface area contributed by atoms with E-state index in [0.29, 0.717) is 29.2 Å². The summed E-state index contributed by atoms with van der Waals surface area (Å²) < 4.78 is 5.83. The highest BCUT2D eigenvalue weighted by Crippen LogP contribution is 2.72. The summed E-state index contributed by atoms with van der Waals surface area (Å²) in [5.74, 6) is 0.0690. The molecule has 1 unspecified atom stereocenters. The highest BCUT2D eigenvalue weighted by Gasteiger charge is 2.67. The number of carbonyl (C=O) groups excluding carboxylic acids is 1. The predicted molar refractivity (Wildman–Crippen MR) is 112 cm³/mol. The molecule has 160 valence electrons. The minimum absolute atomic E-state index is 0.0144. The van der Waals surface area contributed by atoms with Crippen molar-refractivity contribution in [2.24, 2.45) is 34.0 Å². The molecule has 0 aromatic rings. The molecule has 0 amide bonds. The Morgan fingerprint density at radius 2 is 1.86 bits per heavy atom. The standard InChI is InChI=1S/C25H36O4/c1-6-15(2)21(26)29-20-10-11-23(4)18(24(20,5)22(27)28)9-12-25-13-16(3)17(14-25)7-8-19(23)25/h6,17-20H,3,7-14H2,1-2,4-5H3,(H,27,28)/t17-,18-,19-,20-,23+,24?,25+/m1/s1. The molecule has 0 radical (unpaired) electrons. The van der Waals surface area contributed by atoms with Gasteiger partial charge in [0, 0.05) is 5.57 Å². The van der Waals surface area contributed by atoms with Gasteiger partial charge in [-0.15, -0.1) is 0 Å². The lowest BCUT2D eigenvalue weighted by atomic mass is 9.40. The molecule has 4 fully saturated rings. The van der Waals surface area contributed by atoms with Crippen LogP contribution in [-0.4, -0.2) is 23.1 Å². The number of ether oxygens (including phenoxy) is 1. The number of allylic oxidation sites excluding steroid dienone is 2. The van der Waals surface area contributed by atoms with Crippen molar-refractivity contribution in [3.05, 3.63) is 23.8 Å². The number of esters is 1. The van der Waals surface area contributed by atoms with E-state index in [9.17, 15) is 14.7 Å². The molecule has 0 heterocycles. The van der Waals surface area contributed by atoms with Crippen LogP contribution in [0.4, 0.5) is 0 Å². The van der Waals surface area contributed by atoms with E-state index in [1.165, 1.54) is 24.8 Å². The Kier molecular flexibility index (Phi) is 4.79. The summed E-state index contributed by atoms with van der Waals surface area (Å²) in [5, 5.41) is 10.4. The fourth-order valence-corrected chi connectivity index (χ4v) is 8.06. The van der Waals surface area contributed by atoms with Crippen molar-refractivity contribution in [1.29, 1.82) is 0 Å². The van der Waals surface area contributed by atoms with Crippen molar-refractivity contribution < 1.29 is 19.4 Å². The van der Waals surface area contributed by atoms with Crippen LogP contribution < -0.4 is 0 Å². The summed E-state index contributed by atoms with van der Waals surface area (Å²) in [5.41, 5.74) is 1.25. The Morgan fingerprint density at radius 1 is 1.14 bits per heavy atom. The van der Waals surface area contributed by atoms with Crippen LogP contribution in [0.2, 0.25) is 0 Å². The van der Waals surface area contributed by atoms with Crippen LogP contribution in [0.5, 0.6) is 0 Å². The lowest BCUT2D eigenvalue weighted by molar-refractivity contribution is -0.211. The number of rotatable bonds is 3. The van der Waals surface area contributed by atoms with E-state index in [1.807, 2.05) is 6.92 Å². The van der Waals surface area contributed by atoms with Crippen molar-refractivity contribution in [1.82, 2.24) is 0 Å². The molecule has 4 rings (SSSR count). The quantitative estimate of drug-likeness (QED) is 0.384. The molecule has 4 saturated carbocycles. The molecule has 2 bridgehead atoms. The van der Waals surface area contributed by atoms with Gasteiger partial charge in [-0.05, 0) is 101 Å². The third-order valence-electron chi connectivity index (χ3n) is 9.68. The smallest absolute Gasteiger partial charge is 0.333 e. The Hall–Kier alpha value is -1.58. The molecule has 0 aromatic heterocycles. The van der Waals surface area contributed by atoms with Crippen LogP contribution in [0, 0.1) is 34.0 Å². The van der Waals surface area contributed by atoms with Crippen LogP contribution >= 0.6 is 0 Å². The molecule has 0 aliphatic heterocycles.